The van der Waals surface area contributed by atoms with Gasteiger partial charge in [0.15, 0.2) is 18.5 Å². The minimum Gasteiger partial charge on any atom is -0.463 e. The number of hydrogen-bond donors (Lipinski definition) is 1. The molecule has 5 atom stereocenters. The van der Waals surface area contributed by atoms with Crippen LogP contribution in [-0.4, -0.2) is 90.5 Å². The van der Waals surface area contributed by atoms with Gasteiger partial charge in [0, 0.05) is 40.5 Å². The molecule has 0 aromatic heterocycles. The van der Waals surface area contributed by atoms with Crippen molar-refractivity contribution in [1.82, 2.24) is 10.4 Å². The third-order valence-corrected chi connectivity index (χ3v) is 4.86. The van der Waals surface area contributed by atoms with Crippen molar-refractivity contribution in [2.75, 3.05) is 13.2 Å². The molecule has 200 valence electrons. The number of nitrogens with zero attached hydrogens (tertiary/aromatic N) is 1. The normalized spacial score (nSPS) is 25.7. The summed E-state index contributed by atoms with van der Waals surface area (Å²) in [5, 5.41) is 2.89. The van der Waals surface area contributed by atoms with Gasteiger partial charge >= 0.3 is 23.9 Å². The highest BCUT2D eigenvalue weighted by atomic mass is 16.7. The van der Waals surface area contributed by atoms with Gasteiger partial charge in [-0.2, -0.15) is 0 Å². The van der Waals surface area contributed by atoms with Gasteiger partial charge in [0.2, 0.25) is 5.91 Å². The molecule has 1 N–H and O–H groups in total. The molecule has 0 spiro atoms. The molecular formula is C21H28N2O13. The highest BCUT2D eigenvalue weighted by molar-refractivity contribution is 6.01. The lowest BCUT2D eigenvalue weighted by Crippen LogP contribution is -2.66. The van der Waals surface area contributed by atoms with Crippen molar-refractivity contribution < 1.29 is 62.1 Å². The minimum atomic E-state index is -1.37. The fourth-order valence-electron chi connectivity index (χ4n) is 3.50. The number of ether oxygens (including phenoxy) is 5. The Labute approximate surface area is 205 Å². The summed E-state index contributed by atoms with van der Waals surface area (Å²) in [5.74, 6) is -5.02. The standard InChI is InChI=1S/C21H28N2O13/c1-10(24)22-18-20(34-13(4)27)19(33-12(3)26)14(9-32-11(2)25)35-21(18)31-8-7-17(30)36-23-15(28)5-6-16(23)29/h14,18-21H,5-9H2,1-4H3,(H,22,24). The second kappa shape index (κ2) is 12.9. The third-order valence-electron chi connectivity index (χ3n) is 4.86. The lowest BCUT2D eigenvalue weighted by atomic mass is 9.96. The average Bonchev–Trinajstić information content (AvgIpc) is 3.07. The van der Waals surface area contributed by atoms with Crippen LogP contribution in [0.25, 0.3) is 0 Å². The van der Waals surface area contributed by atoms with E-state index in [0.29, 0.717) is 5.06 Å². The number of carbonyl (C=O) groups excluding carboxylic acids is 7. The summed E-state index contributed by atoms with van der Waals surface area (Å²) in [4.78, 5) is 86.7. The summed E-state index contributed by atoms with van der Waals surface area (Å²) in [6.45, 7) is 3.72. The Kier molecular flexibility index (Phi) is 10.3. The number of hydroxylamine groups is 2. The molecule has 36 heavy (non-hydrogen) atoms. The molecule has 0 saturated carbocycles. The highest BCUT2D eigenvalue weighted by Crippen LogP contribution is 2.28. The van der Waals surface area contributed by atoms with Crippen LogP contribution in [0.2, 0.25) is 0 Å². The van der Waals surface area contributed by atoms with Gasteiger partial charge in [0.1, 0.15) is 18.8 Å². The van der Waals surface area contributed by atoms with E-state index < -0.39 is 85.3 Å². The maximum absolute atomic E-state index is 12.1. The molecule has 3 amide bonds. The Morgan fingerprint density at radius 1 is 0.917 bits per heavy atom. The van der Waals surface area contributed by atoms with E-state index in [4.69, 9.17) is 28.5 Å². The van der Waals surface area contributed by atoms with Crippen molar-refractivity contribution in [1.29, 1.82) is 0 Å². The zero-order valence-corrected chi connectivity index (χ0v) is 20.2. The van der Waals surface area contributed by atoms with Crippen LogP contribution in [0.5, 0.6) is 0 Å². The second-order valence-corrected chi connectivity index (χ2v) is 7.89. The largest absolute Gasteiger partial charge is 0.463 e. The van der Waals surface area contributed by atoms with Crippen molar-refractivity contribution in [3.05, 3.63) is 0 Å². The predicted molar refractivity (Wildman–Crippen MR) is 112 cm³/mol. The third kappa shape index (κ3) is 8.27. The van der Waals surface area contributed by atoms with E-state index in [1.165, 1.54) is 6.92 Å². The SMILES string of the molecule is CC(=O)NC1C(OCCC(=O)ON2C(=O)CCC2=O)OC(COC(C)=O)C(OC(C)=O)C1OC(C)=O. The summed E-state index contributed by atoms with van der Waals surface area (Å²) >= 11 is 0. The molecule has 15 heteroatoms. The van der Waals surface area contributed by atoms with Gasteiger partial charge in [-0.1, -0.05) is 0 Å². The number of esters is 3. The second-order valence-electron chi connectivity index (χ2n) is 7.89. The summed E-state index contributed by atoms with van der Waals surface area (Å²) in [6.07, 6.45) is -5.72. The molecule has 15 nitrogen and oxygen atoms in total. The summed E-state index contributed by atoms with van der Waals surface area (Å²) in [6, 6.07) is -1.21. The average molecular weight is 516 g/mol. The number of rotatable bonds is 10. The van der Waals surface area contributed by atoms with E-state index in [0.717, 1.165) is 20.8 Å². The molecule has 2 aliphatic rings. The Morgan fingerprint density at radius 3 is 2.03 bits per heavy atom. The Morgan fingerprint density at radius 2 is 1.50 bits per heavy atom. The van der Waals surface area contributed by atoms with Crippen LogP contribution in [0.3, 0.4) is 0 Å². The summed E-state index contributed by atoms with van der Waals surface area (Å²) < 4.78 is 26.9. The lowest BCUT2D eigenvalue weighted by molar-refractivity contribution is -0.278. The molecule has 0 radical (unpaired) electrons. The molecule has 2 rings (SSSR count). The fraction of sp³-hybridized carbons (Fsp3) is 0.667. The first-order chi connectivity index (χ1) is 16.9. The van der Waals surface area contributed by atoms with Crippen LogP contribution in [-0.2, 0) is 62.1 Å². The molecule has 2 heterocycles. The monoisotopic (exact) mass is 516 g/mol. The van der Waals surface area contributed by atoms with Crippen LogP contribution in [0.4, 0.5) is 0 Å². The van der Waals surface area contributed by atoms with Gasteiger partial charge in [0.25, 0.3) is 11.8 Å². The molecule has 0 aromatic rings. The van der Waals surface area contributed by atoms with Crippen molar-refractivity contribution in [3.63, 3.8) is 0 Å². The van der Waals surface area contributed by atoms with Gasteiger partial charge in [-0.25, -0.2) is 4.79 Å². The highest BCUT2D eigenvalue weighted by Gasteiger charge is 2.51. The first-order valence-electron chi connectivity index (χ1n) is 11.0. The van der Waals surface area contributed by atoms with Crippen LogP contribution in [0, 0.1) is 0 Å². The molecule has 0 aromatic carbocycles. The van der Waals surface area contributed by atoms with Crippen molar-refractivity contribution in [2.24, 2.45) is 0 Å². The molecule has 0 bridgehead atoms. The van der Waals surface area contributed by atoms with Crippen LogP contribution >= 0.6 is 0 Å². The van der Waals surface area contributed by atoms with Gasteiger partial charge in [-0.15, -0.1) is 5.06 Å². The lowest BCUT2D eigenvalue weighted by Gasteiger charge is -2.44. The number of nitrogens with one attached hydrogen (secondary N) is 1. The van der Waals surface area contributed by atoms with Gasteiger partial charge in [-0.3, -0.25) is 28.8 Å². The molecule has 0 aliphatic carbocycles. The van der Waals surface area contributed by atoms with Crippen LogP contribution in [0.15, 0.2) is 0 Å². The van der Waals surface area contributed by atoms with E-state index in [2.05, 4.69) is 5.32 Å². The van der Waals surface area contributed by atoms with Crippen LogP contribution in [0.1, 0.15) is 47.0 Å². The van der Waals surface area contributed by atoms with E-state index in [9.17, 15) is 33.6 Å². The van der Waals surface area contributed by atoms with E-state index >= 15 is 0 Å². The minimum absolute atomic E-state index is 0.0678. The smallest absolute Gasteiger partial charge is 0.335 e. The number of imide groups is 1. The summed E-state index contributed by atoms with van der Waals surface area (Å²) in [7, 11) is 0. The Balaban J connectivity index is 2.18. The van der Waals surface area contributed by atoms with Gasteiger partial charge in [-0.05, 0) is 0 Å². The Hall–Kier alpha value is -3.59. The van der Waals surface area contributed by atoms with E-state index in [-0.39, 0.29) is 19.4 Å². The van der Waals surface area contributed by atoms with E-state index in [1.807, 2.05) is 0 Å². The van der Waals surface area contributed by atoms with Gasteiger partial charge in [0.05, 0.1) is 13.0 Å². The maximum atomic E-state index is 12.1. The quantitative estimate of drug-likeness (QED) is 0.204. The van der Waals surface area contributed by atoms with Crippen molar-refractivity contribution in [3.8, 4) is 0 Å². The number of amides is 3. The number of carbonyl (C=O) groups is 7. The molecule has 2 fully saturated rings. The zero-order valence-electron chi connectivity index (χ0n) is 20.2. The Bertz CT molecular complexity index is 888. The number of hydrogen-bond acceptors (Lipinski definition) is 13. The first-order valence-corrected chi connectivity index (χ1v) is 11.0. The van der Waals surface area contributed by atoms with Crippen LogP contribution < -0.4 is 5.32 Å². The summed E-state index contributed by atoms with van der Waals surface area (Å²) in [5.41, 5.74) is 0. The molecule has 2 aliphatic heterocycles. The molecular weight excluding hydrogens is 488 g/mol. The molecule has 5 unspecified atom stereocenters. The topological polar surface area (TPSA) is 190 Å². The van der Waals surface area contributed by atoms with Crippen molar-refractivity contribution in [2.45, 2.75) is 77.6 Å². The fourth-order valence-corrected chi connectivity index (χ4v) is 3.50. The first kappa shape index (κ1) is 28.6. The maximum Gasteiger partial charge on any atom is 0.335 e. The molecule has 2 saturated heterocycles. The van der Waals surface area contributed by atoms with Gasteiger partial charge < -0.3 is 33.8 Å². The predicted octanol–water partition coefficient (Wildman–Crippen LogP) is -1.34. The van der Waals surface area contributed by atoms with E-state index in [1.54, 1.807) is 0 Å². The van der Waals surface area contributed by atoms with Crippen molar-refractivity contribution >= 4 is 41.6 Å². The zero-order chi connectivity index (χ0) is 27.0.